The van der Waals surface area contributed by atoms with Gasteiger partial charge in [0.1, 0.15) is 0 Å². The summed E-state index contributed by atoms with van der Waals surface area (Å²) in [7, 11) is 0. The average Bonchev–Trinajstić information content (AvgIpc) is 3.44. The third-order valence-electron chi connectivity index (χ3n) is 14.0. The highest BCUT2D eigenvalue weighted by Crippen LogP contribution is 2.16. The van der Waals surface area contributed by atoms with Crippen LogP contribution in [0.15, 0.2) is 158 Å². The molecule has 0 spiro atoms. The summed E-state index contributed by atoms with van der Waals surface area (Å²) in [4.78, 5) is 12.5. The summed E-state index contributed by atoms with van der Waals surface area (Å²) >= 11 is 0. The van der Waals surface area contributed by atoms with Gasteiger partial charge in [-0.15, -0.1) is 0 Å². The number of unbranched alkanes of at least 4 members (excludes halogenated alkanes) is 27. The molecule has 0 aliphatic rings. The zero-order valence-corrected chi connectivity index (χ0v) is 50.9. The van der Waals surface area contributed by atoms with Gasteiger partial charge in [-0.3, -0.25) is 4.79 Å². The number of allylic oxidation sites excluding steroid dienone is 25. The number of hydrogen-bond donors (Lipinski definition) is 3. The normalized spacial score (nSPS) is 13.8. The van der Waals surface area contributed by atoms with Crippen molar-refractivity contribution >= 4 is 5.91 Å². The monoisotopic (exact) mass is 1070 g/mol. The molecule has 0 saturated carbocycles. The van der Waals surface area contributed by atoms with E-state index in [-0.39, 0.29) is 12.5 Å². The Morgan fingerprint density at radius 2 is 0.577 bits per heavy atom. The van der Waals surface area contributed by atoms with Crippen molar-refractivity contribution in [2.75, 3.05) is 6.61 Å². The lowest BCUT2D eigenvalue weighted by Crippen LogP contribution is -2.45. The van der Waals surface area contributed by atoms with E-state index in [0.717, 1.165) is 116 Å². The standard InChI is InChI=1S/C74H123NO3/c1-3-5-7-9-11-13-15-17-19-21-23-25-27-29-31-32-33-34-35-36-37-38-39-40-41-42-44-46-48-50-52-54-56-58-60-62-64-66-68-70-74(78)75-72(71-76)73(77)69-67-65-63-61-59-57-55-53-51-49-47-45-43-30-28-26-24-22-20-18-16-14-12-10-8-6-4-2/h5,7,11,13,17,19,23,25,29,31,33-34,36-37,39-40,42,44,48,50,54,56,59,61,67,69,72-73,76-77H,3-4,6,8-10,12,14-16,18,20-22,24,26-28,30,32,35,38,41,43,45-47,49,51-53,55,57-58,60,62-66,68,70-71H2,1-2H3,(H,75,78)/b7-5-,13-11-,19-17-,25-23-,31-29-,34-33-,37-36-,40-39-,44-42-,50-48-,56-54-,61-59+,69-67+. The van der Waals surface area contributed by atoms with Crippen LogP contribution in [0.1, 0.15) is 284 Å². The van der Waals surface area contributed by atoms with Crippen molar-refractivity contribution in [3.8, 4) is 0 Å². The summed E-state index contributed by atoms with van der Waals surface area (Å²) in [6.45, 7) is 4.19. The molecule has 0 saturated heterocycles. The molecule has 0 heterocycles. The van der Waals surface area contributed by atoms with Crippen molar-refractivity contribution in [1.82, 2.24) is 5.32 Å². The van der Waals surface area contributed by atoms with Crippen molar-refractivity contribution < 1.29 is 15.0 Å². The predicted octanol–water partition coefficient (Wildman–Crippen LogP) is 22.5. The third-order valence-corrected chi connectivity index (χ3v) is 14.0. The Hall–Kier alpha value is -3.99. The van der Waals surface area contributed by atoms with Gasteiger partial charge in [0.2, 0.25) is 5.91 Å². The zero-order chi connectivity index (χ0) is 56.2. The second-order valence-corrected chi connectivity index (χ2v) is 21.4. The van der Waals surface area contributed by atoms with Crippen molar-refractivity contribution in [1.29, 1.82) is 0 Å². The quantitative estimate of drug-likeness (QED) is 0.0420. The lowest BCUT2D eigenvalue weighted by atomic mass is 10.0. The topological polar surface area (TPSA) is 69.6 Å². The van der Waals surface area contributed by atoms with Crippen molar-refractivity contribution in [3.63, 3.8) is 0 Å². The van der Waals surface area contributed by atoms with Crippen LogP contribution in [-0.4, -0.2) is 34.9 Å². The molecule has 442 valence electrons. The second kappa shape index (κ2) is 67.3. The Bertz CT molecular complexity index is 1640. The maximum absolute atomic E-state index is 12.5. The number of carbonyl (C=O) groups is 1. The molecule has 0 aromatic heterocycles. The predicted molar refractivity (Wildman–Crippen MR) is 349 cm³/mol. The Labute approximate surface area is 484 Å². The van der Waals surface area contributed by atoms with Gasteiger partial charge >= 0.3 is 0 Å². The van der Waals surface area contributed by atoms with Crippen LogP contribution < -0.4 is 5.32 Å². The van der Waals surface area contributed by atoms with Crippen LogP contribution in [0, 0.1) is 0 Å². The lowest BCUT2D eigenvalue weighted by Gasteiger charge is -2.19. The summed E-state index contributed by atoms with van der Waals surface area (Å²) < 4.78 is 0. The van der Waals surface area contributed by atoms with E-state index in [0.29, 0.717) is 6.42 Å². The number of amides is 1. The molecule has 0 radical (unpaired) electrons. The van der Waals surface area contributed by atoms with E-state index in [1.54, 1.807) is 6.08 Å². The van der Waals surface area contributed by atoms with Gasteiger partial charge in [-0.2, -0.15) is 0 Å². The van der Waals surface area contributed by atoms with Gasteiger partial charge in [0.05, 0.1) is 18.8 Å². The Kier molecular flexibility index (Phi) is 63.8. The first-order chi connectivity index (χ1) is 38.7. The zero-order valence-electron chi connectivity index (χ0n) is 50.9. The summed E-state index contributed by atoms with van der Waals surface area (Å²) in [5.74, 6) is -0.0969. The molecular formula is C74H123NO3. The molecular weight excluding hydrogens is 951 g/mol. The Morgan fingerprint density at radius 1 is 0.321 bits per heavy atom. The van der Waals surface area contributed by atoms with Gasteiger partial charge in [0.15, 0.2) is 0 Å². The highest BCUT2D eigenvalue weighted by molar-refractivity contribution is 5.76. The van der Waals surface area contributed by atoms with Crippen LogP contribution in [0.2, 0.25) is 0 Å². The van der Waals surface area contributed by atoms with Gasteiger partial charge in [-0.05, 0) is 116 Å². The first-order valence-electron chi connectivity index (χ1n) is 32.7. The molecule has 4 nitrogen and oxygen atoms in total. The van der Waals surface area contributed by atoms with Crippen molar-refractivity contribution in [2.45, 2.75) is 296 Å². The highest BCUT2D eigenvalue weighted by Gasteiger charge is 2.18. The fourth-order valence-corrected chi connectivity index (χ4v) is 9.08. The maximum Gasteiger partial charge on any atom is 0.220 e. The van der Waals surface area contributed by atoms with Crippen LogP contribution >= 0.6 is 0 Å². The van der Waals surface area contributed by atoms with E-state index in [1.165, 1.54) is 148 Å². The molecule has 1 amide bonds. The Morgan fingerprint density at radius 3 is 0.897 bits per heavy atom. The second-order valence-electron chi connectivity index (χ2n) is 21.4. The number of carbonyl (C=O) groups excluding carboxylic acids is 1. The number of hydrogen-bond acceptors (Lipinski definition) is 3. The fourth-order valence-electron chi connectivity index (χ4n) is 9.08. The molecule has 0 aliphatic heterocycles. The molecule has 0 aromatic carbocycles. The summed E-state index contributed by atoms with van der Waals surface area (Å²) in [6.07, 6.45) is 107. The minimum absolute atomic E-state index is 0.0969. The van der Waals surface area contributed by atoms with E-state index in [1.807, 2.05) is 6.08 Å². The van der Waals surface area contributed by atoms with Gasteiger partial charge in [-0.25, -0.2) is 0 Å². The van der Waals surface area contributed by atoms with Gasteiger partial charge in [-0.1, -0.05) is 320 Å². The van der Waals surface area contributed by atoms with Crippen LogP contribution in [0.25, 0.3) is 0 Å². The molecule has 2 atom stereocenters. The van der Waals surface area contributed by atoms with Crippen LogP contribution in [0.4, 0.5) is 0 Å². The highest BCUT2D eigenvalue weighted by atomic mass is 16.3. The van der Waals surface area contributed by atoms with E-state index in [9.17, 15) is 15.0 Å². The molecule has 78 heavy (non-hydrogen) atoms. The van der Waals surface area contributed by atoms with Gasteiger partial charge in [0, 0.05) is 6.42 Å². The van der Waals surface area contributed by atoms with Crippen LogP contribution in [0.3, 0.4) is 0 Å². The molecule has 0 rings (SSSR count). The molecule has 3 N–H and O–H groups in total. The fraction of sp³-hybridized carbons (Fsp3) is 0.635. The first-order valence-corrected chi connectivity index (χ1v) is 32.7. The summed E-state index contributed by atoms with van der Waals surface area (Å²) in [6, 6.07) is -0.663. The largest absolute Gasteiger partial charge is 0.394 e. The molecule has 0 aromatic rings. The van der Waals surface area contributed by atoms with Crippen molar-refractivity contribution in [3.05, 3.63) is 158 Å². The number of nitrogens with one attached hydrogen (secondary N) is 1. The molecule has 2 unspecified atom stereocenters. The number of rotatable bonds is 58. The SMILES string of the molecule is CC/C=C\C/C=C\C/C=C\C/C=C\C/C=C\C/C=C\C/C=C\C/C=C\C/C=C\C/C=C\C/C=C\CCCCCCCC(=O)NC(CO)C(O)/C=C/CC/C=C/CCCCCCCCCCCCCCCCCCCCCCC. The van der Waals surface area contributed by atoms with E-state index < -0.39 is 12.1 Å². The molecule has 0 bridgehead atoms. The molecule has 0 fully saturated rings. The van der Waals surface area contributed by atoms with E-state index in [2.05, 4.69) is 165 Å². The lowest BCUT2D eigenvalue weighted by molar-refractivity contribution is -0.123. The third kappa shape index (κ3) is 62.8. The minimum atomic E-state index is -0.884. The van der Waals surface area contributed by atoms with E-state index in [4.69, 9.17) is 0 Å². The van der Waals surface area contributed by atoms with Crippen LogP contribution in [-0.2, 0) is 4.79 Å². The van der Waals surface area contributed by atoms with Crippen LogP contribution in [0.5, 0.6) is 0 Å². The van der Waals surface area contributed by atoms with E-state index >= 15 is 0 Å². The Balaban J connectivity index is 3.67. The molecule has 4 heteroatoms. The number of aliphatic hydroxyl groups is 2. The van der Waals surface area contributed by atoms with Gasteiger partial charge < -0.3 is 15.5 Å². The first kappa shape index (κ1) is 74.0. The smallest absolute Gasteiger partial charge is 0.220 e. The summed E-state index contributed by atoms with van der Waals surface area (Å²) in [5.41, 5.74) is 0. The number of aliphatic hydroxyl groups excluding tert-OH is 2. The van der Waals surface area contributed by atoms with Gasteiger partial charge in [0.25, 0.3) is 0 Å². The molecule has 0 aliphatic carbocycles. The minimum Gasteiger partial charge on any atom is -0.394 e. The average molecular weight is 1070 g/mol. The maximum atomic E-state index is 12.5. The van der Waals surface area contributed by atoms with Crippen molar-refractivity contribution in [2.24, 2.45) is 0 Å². The summed E-state index contributed by atoms with van der Waals surface area (Å²) in [5, 5.41) is 23.2.